The molecule has 0 fully saturated rings. The largest absolute Gasteiger partial charge is 0.313 e. The summed E-state index contributed by atoms with van der Waals surface area (Å²) in [6, 6.07) is 17.6. The van der Waals surface area contributed by atoms with Gasteiger partial charge >= 0.3 is 4.70 Å². The minimum absolute atomic E-state index is 0.154. The molecule has 0 amide bonds. The highest BCUT2D eigenvalue weighted by molar-refractivity contribution is 6.93. The van der Waals surface area contributed by atoms with Crippen LogP contribution in [0.25, 0.3) is 11.1 Å². The van der Waals surface area contributed by atoms with Gasteiger partial charge in [0.2, 0.25) is 0 Å². The average molecular weight is 365 g/mol. The van der Waals surface area contributed by atoms with E-state index >= 15 is 0 Å². The van der Waals surface area contributed by atoms with Gasteiger partial charge in [0.15, 0.2) is 0 Å². The topological polar surface area (TPSA) is 17.1 Å². The van der Waals surface area contributed by atoms with Crippen molar-refractivity contribution in [3.05, 3.63) is 59.7 Å². The molecule has 0 spiro atoms. The predicted molar refractivity (Wildman–Crippen MR) is 106 cm³/mol. The molecule has 0 saturated heterocycles. The highest BCUT2D eigenvalue weighted by atomic mass is 35.5. The molecule has 0 radical (unpaired) electrons. The molecular weight excluding hydrogens is 339 g/mol. The quantitative estimate of drug-likeness (QED) is 0.477. The van der Waals surface area contributed by atoms with E-state index in [9.17, 15) is 0 Å². The van der Waals surface area contributed by atoms with Gasteiger partial charge in [0, 0.05) is 0 Å². The van der Waals surface area contributed by atoms with Gasteiger partial charge in [-0.15, -0.1) is 0 Å². The molecule has 0 aliphatic heterocycles. The molecule has 3 heteroatoms. The molecule has 130 valence electrons. The molecule has 0 heterocycles. The summed E-state index contributed by atoms with van der Waals surface area (Å²) in [4.78, 5) is 8.98. The molecule has 2 aromatic carbocycles. The molecule has 0 saturated carbocycles. The molecule has 0 aliphatic rings. The number of carbonyl (C=O) groups is 1. The number of benzene rings is 2. The van der Waals surface area contributed by atoms with Crippen molar-refractivity contribution in [1.82, 2.24) is 0 Å². The molecular formula is C21H26Cl2O. The maximum atomic E-state index is 8.98. The van der Waals surface area contributed by atoms with Crippen LogP contribution in [0.3, 0.4) is 0 Å². The Balaban J connectivity index is 0.000000648. The van der Waals surface area contributed by atoms with Crippen LogP contribution in [0.5, 0.6) is 0 Å². The molecule has 0 N–H and O–H groups in total. The summed E-state index contributed by atoms with van der Waals surface area (Å²) in [5.74, 6) is 0. The third-order valence-electron chi connectivity index (χ3n) is 3.76. The van der Waals surface area contributed by atoms with Crippen LogP contribution < -0.4 is 0 Å². The molecule has 0 unspecified atom stereocenters. The summed E-state index contributed by atoms with van der Waals surface area (Å²) in [6.07, 6.45) is 0. The zero-order valence-corrected chi connectivity index (χ0v) is 16.8. The van der Waals surface area contributed by atoms with Crippen LogP contribution in [0.4, 0.5) is 4.79 Å². The van der Waals surface area contributed by atoms with Gasteiger partial charge in [-0.25, -0.2) is 0 Å². The fraction of sp³-hybridized carbons (Fsp3) is 0.381. The van der Waals surface area contributed by atoms with E-state index in [2.05, 4.69) is 113 Å². The van der Waals surface area contributed by atoms with Gasteiger partial charge in [-0.05, 0) is 56.3 Å². The van der Waals surface area contributed by atoms with Crippen LogP contribution >= 0.6 is 23.2 Å². The van der Waals surface area contributed by atoms with Crippen molar-refractivity contribution < 1.29 is 4.79 Å². The molecule has 0 bridgehead atoms. The highest BCUT2D eigenvalue weighted by Crippen LogP contribution is 2.38. The van der Waals surface area contributed by atoms with Crippen molar-refractivity contribution in [3.8, 4) is 11.1 Å². The number of hydrogen-bond donors (Lipinski definition) is 0. The molecule has 1 nitrogen and oxygen atoms in total. The summed E-state index contributed by atoms with van der Waals surface area (Å²) in [5.41, 5.74) is 5.87. The first-order valence-electron chi connectivity index (χ1n) is 7.99. The van der Waals surface area contributed by atoms with Gasteiger partial charge in [-0.1, -0.05) is 90.1 Å². The van der Waals surface area contributed by atoms with E-state index in [1.807, 2.05) is 0 Å². The Hall–Kier alpha value is -1.31. The lowest BCUT2D eigenvalue weighted by Gasteiger charge is -2.27. The van der Waals surface area contributed by atoms with Gasteiger partial charge in [0.25, 0.3) is 0 Å². The van der Waals surface area contributed by atoms with Crippen LogP contribution in [-0.4, -0.2) is 4.70 Å². The fourth-order valence-corrected chi connectivity index (χ4v) is 2.74. The minimum Gasteiger partial charge on any atom is -0.262 e. The van der Waals surface area contributed by atoms with Crippen molar-refractivity contribution in [2.45, 2.75) is 52.4 Å². The maximum absolute atomic E-state index is 8.98. The Morgan fingerprint density at radius 3 is 1.17 bits per heavy atom. The SMILES string of the molecule is CC(C)(C)c1ccccc1-c1ccccc1C(C)(C)C.O=C(Cl)Cl. The van der Waals surface area contributed by atoms with Crippen molar-refractivity contribution in [2.24, 2.45) is 0 Å². The van der Waals surface area contributed by atoms with Crippen LogP contribution in [0, 0.1) is 0 Å². The standard InChI is InChI=1S/C20H26.CCl2O/c1-19(2,3)17-13-9-7-11-15(17)16-12-8-10-14-18(16)20(4,5)6;2-1(3)4/h7-14H,1-6H3;. The van der Waals surface area contributed by atoms with Crippen molar-refractivity contribution >= 4 is 27.9 Å². The highest BCUT2D eigenvalue weighted by Gasteiger charge is 2.23. The zero-order chi connectivity index (χ0) is 18.5. The lowest BCUT2D eigenvalue weighted by atomic mass is 9.77. The Morgan fingerprint density at radius 1 is 0.667 bits per heavy atom. The fourth-order valence-electron chi connectivity index (χ4n) is 2.74. The smallest absolute Gasteiger partial charge is 0.262 e. The van der Waals surface area contributed by atoms with E-state index in [1.165, 1.54) is 22.3 Å². The van der Waals surface area contributed by atoms with E-state index in [4.69, 9.17) is 4.79 Å². The summed E-state index contributed by atoms with van der Waals surface area (Å²) >= 11 is 8.80. The second-order valence-electron chi connectivity index (χ2n) is 7.82. The molecule has 2 rings (SSSR count). The molecule has 0 atom stereocenters. The monoisotopic (exact) mass is 364 g/mol. The number of halogens is 2. The lowest BCUT2D eigenvalue weighted by molar-refractivity contribution is 0.275. The van der Waals surface area contributed by atoms with Gasteiger partial charge in [0.1, 0.15) is 0 Å². The third-order valence-corrected chi connectivity index (χ3v) is 3.76. The van der Waals surface area contributed by atoms with E-state index < -0.39 is 4.70 Å². The number of hydrogen-bond acceptors (Lipinski definition) is 1. The first kappa shape index (κ1) is 20.7. The van der Waals surface area contributed by atoms with Crippen LogP contribution in [0.1, 0.15) is 52.7 Å². The Labute approximate surface area is 156 Å². The van der Waals surface area contributed by atoms with Crippen LogP contribution in [0.2, 0.25) is 0 Å². The lowest BCUT2D eigenvalue weighted by Crippen LogP contribution is -2.16. The Morgan fingerprint density at radius 2 is 0.917 bits per heavy atom. The summed E-state index contributed by atoms with van der Waals surface area (Å²) in [5, 5.41) is 0. The van der Waals surface area contributed by atoms with Gasteiger partial charge in [-0.2, -0.15) is 0 Å². The molecule has 0 aromatic heterocycles. The van der Waals surface area contributed by atoms with Crippen molar-refractivity contribution in [1.29, 1.82) is 0 Å². The summed E-state index contributed by atoms with van der Waals surface area (Å²) in [7, 11) is 0. The normalized spacial score (nSPS) is 11.5. The Bertz CT molecular complexity index is 632. The molecule has 0 aliphatic carbocycles. The second-order valence-corrected chi connectivity index (χ2v) is 8.70. The maximum Gasteiger partial charge on any atom is 0.313 e. The molecule has 24 heavy (non-hydrogen) atoms. The minimum atomic E-state index is -0.889. The van der Waals surface area contributed by atoms with E-state index in [0.29, 0.717) is 0 Å². The number of rotatable bonds is 1. The van der Waals surface area contributed by atoms with E-state index in [1.54, 1.807) is 0 Å². The summed E-state index contributed by atoms with van der Waals surface area (Å²) in [6.45, 7) is 13.7. The van der Waals surface area contributed by atoms with Crippen molar-refractivity contribution in [2.75, 3.05) is 0 Å². The van der Waals surface area contributed by atoms with Crippen LogP contribution in [0.15, 0.2) is 48.5 Å². The first-order valence-corrected chi connectivity index (χ1v) is 8.74. The predicted octanol–water partition coefficient (Wildman–Crippen LogP) is 7.53. The van der Waals surface area contributed by atoms with Crippen LogP contribution in [-0.2, 0) is 10.8 Å². The molecule has 2 aromatic rings. The number of carbonyl (C=O) groups excluding carboxylic acids is 1. The van der Waals surface area contributed by atoms with Crippen molar-refractivity contribution in [3.63, 3.8) is 0 Å². The third kappa shape index (κ3) is 5.96. The average Bonchev–Trinajstić information content (AvgIpc) is 2.45. The van der Waals surface area contributed by atoms with E-state index in [0.717, 1.165) is 0 Å². The van der Waals surface area contributed by atoms with Gasteiger partial charge < -0.3 is 0 Å². The Kier molecular flexibility index (Phi) is 7.07. The van der Waals surface area contributed by atoms with Gasteiger partial charge in [0.05, 0.1) is 0 Å². The van der Waals surface area contributed by atoms with E-state index in [-0.39, 0.29) is 10.8 Å². The summed E-state index contributed by atoms with van der Waals surface area (Å²) < 4.78 is -0.889. The first-order chi connectivity index (χ1) is 10.9. The zero-order valence-electron chi connectivity index (χ0n) is 15.3. The van der Waals surface area contributed by atoms with Gasteiger partial charge in [-0.3, -0.25) is 4.79 Å². The second kappa shape index (κ2) is 8.18.